The molecule has 0 bridgehead atoms. The molecule has 0 atom stereocenters. The fourth-order valence-corrected chi connectivity index (χ4v) is 1.15. The van der Waals surface area contributed by atoms with Crippen LogP contribution >= 0.6 is 0 Å². The summed E-state index contributed by atoms with van der Waals surface area (Å²) in [6.45, 7) is 0.606. The molecule has 1 aliphatic rings. The first-order valence-corrected chi connectivity index (χ1v) is 3.77. The molecule has 0 unspecified atom stereocenters. The molecule has 0 radical (unpaired) electrons. The maximum atomic E-state index is 11.3. The molecular formula is C9H8N2O. The summed E-state index contributed by atoms with van der Waals surface area (Å²) in [6.07, 6.45) is 9.07. The monoisotopic (exact) mass is 160 g/mol. The molecule has 0 saturated carbocycles. The Kier molecular flexibility index (Phi) is 1.63. The fraction of sp³-hybridized carbons (Fsp3) is 0.111. The minimum Gasteiger partial charge on any atom is -0.289 e. The number of hydrogen-bond acceptors (Lipinski definition) is 2. The third kappa shape index (κ3) is 1.09. The molecule has 1 aromatic rings. The molecule has 1 aliphatic heterocycles. The van der Waals surface area contributed by atoms with Gasteiger partial charge in [-0.25, -0.2) is 4.98 Å². The molecule has 0 aliphatic carbocycles. The van der Waals surface area contributed by atoms with Gasteiger partial charge >= 0.3 is 0 Å². The smallest absolute Gasteiger partial charge is 0.253 e. The van der Waals surface area contributed by atoms with Crippen LogP contribution < -0.4 is 5.56 Å². The van der Waals surface area contributed by atoms with Crippen molar-refractivity contribution in [2.24, 2.45) is 0 Å². The van der Waals surface area contributed by atoms with Crippen molar-refractivity contribution in [2.75, 3.05) is 0 Å². The van der Waals surface area contributed by atoms with Crippen molar-refractivity contribution in [3.8, 4) is 0 Å². The summed E-state index contributed by atoms with van der Waals surface area (Å²) < 4.78 is 1.62. The van der Waals surface area contributed by atoms with Gasteiger partial charge in [0.05, 0.1) is 0 Å². The molecule has 60 valence electrons. The van der Waals surface area contributed by atoms with Gasteiger partial charge in [-0.15, -0.1) is 0 Å². The zero-order valence-corrected chi connectivity index (χ0v) is 6.47. The van der Waals surface area contributed by atoms with Crippen LogP contribution in [0.3, 0.4) is 0 Å². The lowest BCUT2D eigenvalue weighted by molar-refractivity contribution is 0.744. The predicted molar refractivity (Wildman–Crippen MR) is 46.7 cm³/mol. The van der Waals surface area contributed by atoms with E-state index in [2.05, 4.69) is 4.98 Å². The first kappa shape index (κ1) is 7.03. The molecule has 3 heteroatoms. The lowest BCUT2D eigenvalue weighted by Gasteiger charge is -2.02. The van der Waals surface area contributed by atoms with E-state index in [4.69, 9.17) is 0 Å². The van der Waals surface area contributed by atoms with E-state index in [1.54, 1.807) is 4.57 Å². The predicted octanol–water partition coefficient (Wildman–Crippen LogP) is 0.826. The number of aromatic nitrogens is 2. The van der Waals surface area contributed by atoms with Crippen molar-refractivity contribution in [3.05, 3.63) is 46.7 Å². The Labute approximate surface area is 69.7 Å². The molecule has 0 saturated heterocycles. The van der Waals surface area contributed by atoms with Gasteiger partial charge in [-0.3, -0.25) is 9.36 Å². The van der Waals surface area contributed by atoms with E-state index in [1.807, 2.05) is 24.3 Å². The Morgan fingerprint density at radius 3 is 3.25 bits per heavy atom. The van der Waals surface area contributed by atoms with Crippen LogP contribution in [0.1, 0.15) is 5.82 Å². The quantitative estimate of drug-likeness (QED) is 0.563. The minimum absolute atomic E-state index is 0.00352. The first-order valence-electron chi connectivity index (χ1n) is 3.77. The average molecular weight is 160 g/mol. The molecule has 0 fully saturated rings. The van der Waals surface area contributed by atoms with Crippen LogP contribution in [0, 0.1) is 0 Å². The van der Waals surface area contributed by atoms with Crippen molar-refractivity contribution >= 4 is 6.08 Å². The highest BCUT2D eigenvalue weighted by atomic mass is 16.1. The maximum Gasteiger partial charge on any atom is 0.253 e. The molecule has 0 amide bonds. The summed E-state index contributed by atoms with van der Waals surface area (Å²) in [5, 5.41) is 0. The summed E-state index contributed by atoms with van der Waals surface area (Å²) >= 11 is 0. The lowest BCUT2D eigenvalue weighted by Crippen LogP contribution is -2.21. The molecular weight excluding hydrogens is 152 g/mol. The van der Waals surface area contributed by atoms with Crippen LogP contribution in [0.25, 0.3) is 6.08 Å². The van der Waals surface area contributed by atoms with E-state index in [0.29, 0.717) is 12.4 Å². The molecule has 3 nitrogen and oxygen atoms in total. The Bertz CT molecular complexity index is 401. The zero-order valence-electron chi connectivity index (χ0n) is 6.47. The van der Waals surface area contributed by atoms with Crippen molar-refractivity contribution < 1.29 is 0 Å². The third-order valence-electron chi connectivity index (χ3n) is 1.75. The largest absolute Gasteiger partial charge is 0.289 e. The highest BCUT2D eigenvalue weighted by Gasteiger charge is 2.00. The third-order valence-corrected chi connectivity index (χ3v) is 1.75. The topological polar surface area (TPSA) is 34.9 Å². The highest BCUT2D eigenvalue weighted by Crippen LogP contribution is 1.99. The van der Waals surface area contributed by atoms with Crippen molar-refractivity contribution in [2.45, 2.75) is 6.54 Å². The van der Waals surface area contributed by atoms with Gasteiger partial charge in [-0.1, -0.05) is 18.2 Å². The highest BCUT2D eigenvalue weighted by molar-refractivity contribution is 5.44. The van der Waals surface area contributed by atoms with Crippen LogP contribution in [-0.2, 0) is 6.54 Å². The van der Waals surface area contributed by atoms with Gasteiger partial charge in [0.1, 0.15) is 5.82 Å². The van der Waals surface area contributed by atoms with Gasteiger partial charge in [0.25, 0.3) is 5.56 Å². The second-order valence-corrected chi connectivity index (χ2v) is 2.54. The molecule has 2 heterocycles. The summed E-state index contributed by atoms with van der Waals surface area (Å²) in [4.78, 5) is 15.3. The van der Waals surface area contributed by atoms with E-state index in [0.717, 1.165) is 0 Å². The molecule has 0 aromatic carbocycles. The number of allylic oxidation sites excluding steroid dienone is 3. The Morgan fingerprint density at radius 2 is 2.33 bits per heavy atom. The molecule has 12 heavy (non-hydrogen) atoms. The van der Waals surface area contributed by atoms with Crippen molar-refractivity contribution in [3.63, 3.8) is 0 Å². The Morgan fingerprint density at radius 1 is 1.42 bits per heavy atom. The normalized spacial score (nSPS) is 14.0. The van der Waals surface area contributed by atoms with Crippen molar-refractivity contribution in [1.82, 2.24) is 9.55 Å². The van der Waals surface area contributed by atoms with Gasteiger partial charge in [0, 0.05) is 18.8 Å². The minimum atomic E-state index is -0.00352. The van der Waals surface area contributed by atoms with E-state index in [9.17, 15) is 4.79 Å². The summed E-state index contributed by atoms with van der Waals surface area (Å²) in [5.74, 6) is 0.715. The maximum absolute atomic E-state index is 11.3. The second kappa shape index (κ2) is 2.77. The SMILES string of the molecule is O=c1ccnc2n1CC=CC=C2. The first-order chi connectivity index (χ1) is 5.88. The summed E-state index contributed by atoms with van der Waals surface area (Å²) in [6, 6.07) is 1.47. The van der Waals surface area contributed by atoms with Gasteiger partial charge in [-0.05, 0) is 6.08 Å². The van der Waals surface area contributed by atoms with E-state index in [1.165, 1.54) is 12.3 Å². The van der Waals surface area contributed by atoms with Crippen LogP contribution in [-0.4, -0.2) is 9.55 Å². The van der Waals surface area contributed by atoms with Crippen LogP contribution in [0.5, 0.6) is 0 Å². The molecule has 1 aromatic heterocycles. The van der Waals surface area contributed by atoms with Crippen LogP contribution in [0.15, 0.2) is 35.3 Å². The van der Waals surface area contributed by atoms with Gasteiger partial charge < -0.3 is 0 Å². The molecule has 0 spiro atoms. The fourth-order valence-electron chi connectivity index (χ4n) is 1.15. The van der Waals surface area contributed by atoms with Crippen molar-refractivity contribution in [1.29, 1.82) is 0 Å². The number of fused-ring (bicyclic) bond motifs is 1. The van der Waals surface area contributed by atoms with E-state index in [-0.39, 0.29) is 5.56 Å². The van der Waals surface area contributed by atoms with Gasteiger partial charge in [-0.2, -0.15) is 0 Å². The number of rotatable bonds is 0. The molecule has 0 N–H and O–H groups in total. The van der Waals surface area contributed by atoms with Gasteiger partial charge in [0.2, 0.25) is 0 Å². The second-order valence-electron chi connectivity index (χ2n) is 2.54. The number of hydrogen-bond donors (Lipinski definition) is 0. The van der Waals surface area contributed by atoms with Crippen LogP contribution in [0.2, 0.25) is 0 Å². The van der Waals surface area contributed by atoms with Crippen LogP contribution in [0.4, 0.5) is 0 Å². The standard InChI is InChI=1S/C9H8N2O/c12-9-5-6-10-8-4-2-1-3-7-11(8)9/h1-6H,7H2. The molecule has 2 rings (SSSR count). The lowest BCUT2D eigenvalue weighted by atomic mass is 10.4. The number of nitrogens with zero attached hydrogens (tertiary/aromatic N) is 2. The zero-order chi connectivity index (χ0) is 8.39. The summed E-state index contributed by atoms with van der Waals surface area (Å²) in [7, 11) is 0. The van der Waals surface area contributed by atoms with E-state index < -0.39 is 0 Å². The summed E-state index contributed by atoms with van der Waals surface area (Å²) in [5.41, 5.74) is -0.00352. The van der Waals surface area contributed by atoms with Gasteiger partial charge in [0.15, 0.2) is 0 Å². The average Bonchev–Trinajstić information content (AvgIpc) is 2.30. The Balaban J connectivity index is 2.67. The van der Waals surface area contributed by atoms with E-state index >= 15 is 0 Å². The Hall–Kier alpha value is -1.64.